The Morgan fingerprint density at radius 3 is 2.11 bits per heavy atom. The molecule has 0 heterocycles. The second-order valence-electron chi connectivity index (χ2n) is 7.01. The molecule has 0 fully saturated rings. The molecule has 0 rings (SSSR count). The van der Waals surface area contributed by atoms with Gasteiger partial charge in [-0.15, -0.1) is 0 Å². The maximum absolute atomic E-state index is 10.8. The van der Waals surface area contributed by atoms with Crippen molar-refractivity contribution >= 4 is 14.3 Å². The lowest BCUT2D eigenvalue weighted by molar-refractivity contribution is -0.132. The van der Waals surface area contributed by atoms with Gasteiger partial charge in [-0.3, -0.25) is 0 Å². The maximum atomic E-state index is 10.8. The Balaban J connectivity index is 4.92. The minimum Gasteiger partial charge on any atom is -0.477 e. The van der Waals surface area contributed by atoms with E-state index in [1.54, 1.807) is 6.07 Å². The van der Waals surface area contributed by atoms with Crippen LogP contribution in [0.3, 0.4) is 0 Å². The molecule has 0 atom stereocenters. The van der Waals surface area contributed by atoms with Gasteiger partial charge in [0.2, 0.25) is 0 Å². The van der Waals surface area contributed by atoms with E-state index in [9.17, 15) is 4.79 Å². The van der Waals surface area contributed by atoms with Crippen molar-refractivity contribution in [3.8, 4) is 6.07 Å². The molecule has 19 heavy (non-hydrogen) atoms. The predicted octanol–water partition coefficient (Wildman–Crippen LogP) is 3.57. The van der Waals surface area contributed by atoms with Gasteiger partial charge in [-0.1, -0.05) is 40.7 Å². The molecule has 0 unspecified atom stereocenters. The van der Waals surface area contributed by atoms with Crippen LogP contribution in [0.1, 0.15) is 34.6 Å². The summed E-state index contributed by atoms with van der Waals surface area (Å²) < 4.78 is 6.08. The molecule has 4 nitrogen and oxygen atoms in total. The van der Waals surface area contributed by atoms with Crippen LogP contribution >= 0.6 is 0 Å². The largest absolute Gasteiger partial charge is 0.477 e. The zero-order valence-electron chi connectivity index (χ0n) is 13.0. The van der Waals surface area contributed by atoms with E-state index >= 15 is 0 Å². The van der Waals surface area contributed by atoms with Crippen LogP contribution < -0.4 is 0 Å². The van der Waals surface area contributed by atoms with Crippen molar-refractivity contribution in [1.29, 1.82) is 5.26 Å². The number of hydrogen-bond acceptors (Lipinski definition) is 3. The standard InChI is InChI=1S/C14H25NO3Si/c1-13(2,3)19(6,7)18-10-14(4,5)8-11(9-15)12(16)17/h8H,10H2,1-7H3,(H,16,17). The van der Waals surface area contributed by atoms with Crippen molar-refractivity contribution in [1.82, 2.24) is 0 Å². The molecule has 0 saturated carbocycles. The van der Waals surface area contributed by atoms with Gasteiger partial charge in [-0.05, 0) is 18.1 Å². The fourth-order valence-electron chi connectivity index (χ4n) is 1.16. The summed E-state index contributed by atoms with van der Waals surface area (Å²) in [7, 11) is -1.86. The number of hydrogen-bond donors (Lipinski definition) is 1. The Kier molecular flexibility index (Phi) is 5.54. The van der Waals surface area contributed by atoms with Gasteiger partial charge in [0, 0.05) is 12.0 Å². The lowest BCUT2D eigenvalue weighted by Crippen LogP contribution is -2.43. The Bertz CT molecular complexity index is 411. The summed E-state index contributed by atoms with van der Waals surface area (Å²) in [4.78, 5) is 10.8. The topological polar surface area (TPSA) is 70.3 Å². The summed E-state index contributed by atoms with van der Waals surface area (Å²) in [5, 5.41) is 17.8. The van der Waals surface area contributed by atoms with Crippen LogP contribution in [0.2, 0.25) is 18.1 Å². The summed E-state index contributed by atoms with van der Waals surface area (Å²) in [5.41, 5.74) is -0.706. The van der Waals surface area contributed by atoms with Crippen LogP contribution in [0.15, 0.2) is 11.6 Å². The van der Waals surface area contributed by atoms with E-state index in [1.807, 2.05) is 13.8 Å². The average Bonchev–Trinajstić information content (AvgIpc) is 2.21. The molecule has 0 aliphatic rings. The van der Waals surface area contributed by atoms with Gasteiger partial charge in [-0.25, -0.2) is 4.79 Å². The summed E-state index contributed by atoms with van der Waals surface area (Å²) in [6, 6.07) is 1.70. The Morgan fingerprint density at radius 1 is 1.32 bits per heavy atom. The van der Waals surface area contributed by atoms with Gasteiger partial charge < -0.3 is 9.53 Å². The third-order valence-corrected chi connectivity index (χ3v) is 7.98. The number of nitriles is 1. The number of aliphatic carboxylic acids is 1. The van der Waals surface area contributed by atoms with Crippen molar-refractivity contribution in [2.24, 2.45) is 5.41 Å². The summed E-state index contributed by atoms with van der Waals surface area (Å²) in [5.74, 6) is -1.19. The number of rotatable bonds is 5. The molecule has 0 bridgehead atoms. The monoisotopic (exact) mass is 283 g/mol. The van der Waals surface area contributed by atoms with Crippen molar-refractivity contribution in [3.05, 3.63) is 11.6 Å². The van der Waals surface area contributed by atoms with Crippen molar-refractivity contribution in [2.45, 2.75) is 52.8 Å². The minimum atomic E-state index is -1.86. The van der Waals surface area contributed by atoms with E-state index in [4.69, 9.17) is 14.8 Å². The van der Waals surface area contributed by atoms with E-state index < -0.39 is 19.7 Å². The van der Waals surface area contributed by atoms with Crippen LogP contribution in [-0.2, 0) is 9.22 Å². The molecule has 0 aliphatic heterocycles. The fraction of sp³-hybridized carbons (Fsp3) is 0.714. The molecule has 0 aromatic carbocycles. The Morgan fingerprint density at radius 2 is 1.79 bits per heavy atom. The quantitative estimate of drug-likeness (QED) is 0.475. The Hall–Kier alpha value is -1.12. The van der Waals surface area contributed by atoms with Gasteiger partial charge in [0.25, 0.3) is 0 Å². The second-order valence-corrected chi connectivity index (χ2v) is 11.8. The van der Waals surface area contributed by atoms with Crippen LogP contribution in [-0.4, -0.2) is 26.0 Å². The zero-order valence-corrected chi connectivity index (χ0v) is 14.0. The molecule has 108 valence electrons. The van der Waals surface area contributed by atoms with Crippen LogP contribution in [0.4, 0.5) is 0 Å². The first kappa shape index (κ1) is 17.9. The lowest BCUT2D eigenvalue weighted by atomic mass is 9.92. The molecule has 0 aliphatic carbocycles. The third-order valence-electron chi connectivity index (χ3n) is 3.50. The first-order chi connectivity index (χ1) is 8.32. The highest BCUT2D eigenvalue weighted by Crippen LogP contribution is 2.37. The fourth-order valence-corrected chi connectivity index (χ4v) is 2.32. The molecule has 0 amide bonds. The highest BCUT2D eigenvalue weighted by Gasteiger charge is 2.38. The van der Waals surface area contributed by atoms with E-state index in [-0.39, 0.29) is 10.6 Å². The van der Waals surface area contributed by atoms with E-state index in [0.29, 0.717) is 6.61 Å². The summed E-state index contributed by atoms with van der Waals surface area (Å²) >= 11 is 0. The zero-order chi connectivity index (χ0) is 15.5. The second kappa shape index (κ2) is 5.89. The SMILES string of the molecule is CC(C)(C=C(C#N)C(=O)O)CO[Si](C)(C)C(C)(C)C. The molecule has 1 N–H and O–H groups in total. The number of carbonyl (C=O) groups is 1. The molecule has 0 spiro atoms. The van der Waals surface area contributed by atoms with Gasteiger partial charge in [0.1, 0.15) is 11.6 Å². The molecular formula is C14H25NO3Si. The predicted molar refractivity (Wildman–Crippen MR) is 78.3 cm³/mol. The summed E-state index contributed by atoms with van der Waals surface area (Å²) in [6.07, 6.45) is 1.47. The first-order valence-corrected chi connectivity index (χ1v) is 9.23. The highest BCUT2D eigenvalue weighted by atomic mass is 28.4. The first-order valence-electron chi connectivity index (χ1n) is 6.33. The highest BCUT2D eigenvalue weighted by molar-refractivity contribution is 6.74. The normalized spacial score (nSPS) is 14.1. The smallest absolute Gasteiger partial charge is 0.346 e. The Labute approximate surface area is 117 Å². The molecular weight excluding hydrogens is 258 g/mol. The van der Waals surface area contributed by atoms with Crippen molar-refractivity contribution in [2.75, 3.05) is 6.61 Å². The van der Waals surface area contributed by atoms with Crippen LogP contribution in [0.25, 0.3) is 0 Å². The molecule has 5 heteroatoms. The number of carboxylic acid groups (broad SMARTS) is 1. The number of nitrogens with zero attached hydrogens (tertiary/aromatic N) is 1. The molecule has 0 aromatic heterocycles. The number of carboxylic acids is 1. The maximum Gasteiger partial charge on any atom is 0.346 e. The van der Waals surface area contributed by atoms with Gasteiger partial charge in [0.15, 0.2) is 8.32 Å². The van der Waals surface area contributed by atoms with E-state index in [1.165, 1.54) is 6.08 Å². The third kappa shape index (κ3) is 5.58. The van der Waals surface area contributed by atoms with Gasteiger partial charge in [0.05, 0.1) is 0 Å². The van der Waals surface area contributed by atoms with Crippen molar-refractivity contribution in [3.63, 3.8) is 0 Å². The molecule has 0 radical (unpaired) electrons. The summed E-state index contributed by atoms with van der Waals surface area (Å²) in [6.45, 7) is 14.9. The van der Waals surface area contributed by atoms with Gasteiger partial charge >= 0.3 is 5.97 Å². The molecule has 0 saturated heterocycles. The van der Waals surface area contributed by atoms with Crippen LogP contribution in [0.5, 0.6) is 0 Å². The van der Waals surface area contributed by atoms with Gasteiger partial charge in [-0.2, -0.15) is 5.26 Å². The van der Waals surface area contributed by atoms with Crippen LogP contribution in [0, 0.1) is 16.7 Å². The molecule has 0 aromatic rings. The van der Waals surface area contributed by atoms with E-state index in [2.05, 4.69) is 33.9 Å². The average molecular weight is 283 g/mol. The van der Waals surface area contributed by atoms with Crippen molar-refractivity contribution < 1.29 is 14.3 Å². The lowest BCUT2D eigenvalue weighted by Gasteiger charge is -2.38. The minimum absolute atomic E-state index is 0.109. The van der Waals surface area contributed by atoms with E-state index in [0.717, 1.165) is 0 Å².